The Labute approximate surface area is 92.1 Å². The van der Waals surface area contributed by atoms with E-state index in [1.54, 1.807) is 0 Å². The number of ether oxygens (including phenoxy) is 1. The summed E-state index contributed by atoms with van der Waals surface area (Å²) in [5, 5.41) is 0. The van der Waals surface area contributed by atoms with Crippen LogP contribution in [-0.4, -0.2) is 38.2 Å². The van der Waals surface area contributed by atoms with Gasteiger partial charge >= 0.3 is 0 Å². The maximum absolute atomic E-state index is 11.2. The first-order valence-corrected chi connectivity index (χ1v) is 7.34. The second kappa shape index (κ2) is 4.80. The first-order chi connectivity index (χ1) is 6.91. The van der Waals surface area contributed by atoms with Crippen molar-refractivity contribution in [2.45, 2.75) is 44.8 Å². The molecule has 1 heterocycles. The van der Waals surface area contributed by atoms with E-state index in [2.05, 4.69) is 0 Å². The van der Waals surface area contributed by atoms with E-state index in [1.165, 1.54) is 0 Å². The summed E-state index contributed by atoms with van der Waals surface area (Å²) >= 11 is 0. The summed E-state index contributed by atoms with van der Waals surface area (Å²) in [6.45, 7) is 4.51. The largest absolute Gasteiger partial charge is 0.375 e. The van der Waals surface area contributed by atoms with Crippen LogP contribution in [0.15, 0.2) is 0 Å². The third-order valence-electron chi connectivity index (χ3n) is 3.21. The van der Waals surface area contributed by atoms with Crippen molar-refractivity contribution in [2.75, 3.05) is 18.1 Å². The van der Waals surface area contributed by atoms with Crippen LogP contribution in [0.25, 0.3) is 0 Å². The second-order valence-electron chi connectivity index (χ2n) is 4.41. The van der Waals surface area contributed by atoms with Crippen LogP contribution in [-0.2, 0) is 14.6 Å². The number of hydrogen-bond acceptors (Lipinski definition) is 4. The van der Waals surface area contributed by atoms with Gasteiger partial charge in [-0.2, -0.15) is 0 Å². The average Bonchev–Trinajstić information content (AvgIpc) is 2.55. The fraction of sp³-hybridized carbons (Fsp3) is 1.00. The van der Waals surface area contributed by atoms with Gasteiger partial charge in [-0.05, 0) is 19.3 Å². The van der Waals surface area contributed by atoms with Gasteiger partial charge in [0.05, 0.1) is 24.2 Å². The molecule has 90 valence electrons. The Morgan fingerprint density at radius 3 is 2.40 bits per heavy atom. The predicted molar refractivity (Wildman–Crippen MR) is 60.5 cm³/mol. The highest BCUT2D eigenvalue weighted by atomic mass is 32.2. The van der Waals surface area contributed by atoms with Gasteiger partial charge < -0.3 is 10.5 Å². The van der Waals surface area contributed by atoms with Gasteiger partial charge in [-0.3, -0.25) is 0 Å². The molecule has 0 radical (unpaired) electrons. The van der Waals surface area contributed by atoms with Gasteiger partial charge in [0, 0.05) is 5.54 Å². The summed E-state index contributed by atoms with van der Waals surface area (Å²) in [6, 6.07) is 0. The number of hydrogen-bond donors (Lipinski definition) is 1. The highest BCUT2D eigenvalue weighted by Gasteiger charge is 2.30. The molecule has 0 aromatic heterocycles. The number of rotatable bonds is 5. The van der Waals surface area contributed by atoms with Crippen molar-refractivity contribution in [1.29, 1.82) is 0 Å². The van der Waals surface area contributed by atoms with Crippen LogP contribution in [0.3, 0.4) is 0 Å². The van der Waals surface area contributed by atoms with Crippen molar-refractivity contribution in [3.8, 4) is 0 Å². The van der Waals surface area contributed by atoms with Crippen LogP contribution in [0.5, 0.6) is 0 Å². The summed E-state index contributed by atoms with van der Waals surface area (Å²) in [7, 11) is -2.84. The summed E-state index contributed by atoms with van der Waals surface area (Å²) in [5.74, 6) is 0.421. The molecule has 1 atom stereocenters. The molecule has 2 N–H and O–H groups in total. The van der Waals surface area contributed by atoms with Crippen molar-refractivity contribution in [2.24, 2.45) is 5.73 Å². The smallest absolute Gasteiger partial charge is 0.152 e. The van der Waals surface area contributed by atoms with Gasteiger partial charge in [0.1, 0.15) is 0 Å². The van der Waals surface area contributed by atoms with Crippen molar-refractivity contribution in [3.63, 3.8) is 0 Å². The minimum Gasteiger partial charge on any atom is -0.375 e. The monoisotopic (exact) mass is 235 g/mol. The topological polar surface area (TPSA) is 69.4 Å². The molecule has 0 aromatic rings. The highest BCUT2D eigenvalue weighted by molar-refractivity contribution is 7.91. The van der Waals surface area contributed by atoms with E-state index in [0.717, 1.165) is 12.8 Å². The third-order valence-corrected chi connectivity index (χ3v) is 4.94. The first kappa shape index (κ1) is 12.9. The van der Waals surface area contributed by atoms with Gasteiger partial charge in [0.2, 0.25) is 0 Å². The van der Waals surface area contributed by atoms with Crippen LogP contribution >= 0.6 is 0 Å². The van der Waals surface area contributed by atoms with Crippen LogP contribution in [0.4, 0.5) is 0 Å². The zero-order valence-electron chi connectivity index (χ0n) is 9.53. The zero-order chi connectivity index (χ0) is 11.5. The quantitative estimate of drug-likeness (QED) is 0.762. The van der Waals surface area contributed by atoms with Crippen LogP contribution in [0.1, 0.15) is 33.1 Å². The first-order valence-electron chi connectivity index (χ1n) is 5.52. The molecule has 1 unspecified atom stereocenters. The van der Waals surface area contributed by atoms with E-state index < -0.39 is 9.84 Å². The molecule has 4 nitrogen and oxygen atoms in total. The Balaban J connectivity index is 2.38. The standard InChI is InChI=1S/C10H21NO3S/c1-3-10(11,4-2)8-14-9-5-6-15(12,13)7-9/h9H,3-8,11H2,1-2H3. The molecule has 0 amide bonds. The Hall–Kier alpha value is -0.130. The van der Waals surface area contributed by atoms with Gasteiger partial charge in [-0.1, -0.05) is 13.8 Å². The van der Waals surface area contributed by atoms with Crippen LogP contribution in [0, 0.1) is 0 Å². The molecule has 1 aliphatic heterocycles. The van der Waals surface area contributed by atoms with Gasteiger partial charge in [0.15, 0.2) is 9.84 Å². The molecule has 1 aliphatic rings. The second-order valence-corrected chi connectivity index (χ2v) is 6.63. The highest BCUT2D eigenvalue weighted by Crippen LogP contribution is 2.18. The molecule has 1 saturated heterocycles. The van der Waals surface area contributed by atoms with E-state index in [4.69, 9.17) is 10.5 Å². The summed E-state index contributed by atoms with van der Waals surface area (Å²) in [4.78, 5) is 0. The van der Waals surface area contributed by atoms with Gasteiger partial charge in [-0.15, -0.1) is 0 Å². The lowest BCUT2D eigenvalue weighted by atomic mass is 9.95. The van der Waals surface area contributed by atoms with Crippen molar-refractivity contribution in [1.82, 2.24) is 0 Å². The normalized spacial score (nSPS) is 25.7. The molecule has 0 saturated carbocycles. The Bertz CT molecular complexity index is 296. The molecular weight excluding hydrogens is 214 g/mol. The molecule has 1 rings (SSSR count). The molecule has 0 spiro atoms. The van der Waals surface area contributed by atoms with E-state index in [9.17, 15) is 8.42 Å². The molecule has 0 aromatic carbocycles. The number of sulfone groups is 1. The molecule has 15 heavy (non-hydrogen) atoms. The minimum atomic E-state index is -2.84. The Kier molecular flexibility index (Phi) is 4.14. The summed E-state index contributed by atoms with van der Waals surface area (Å²) in [5.41, 5.74) is 5.77. The molecule has 0 aliphatic carbocycles. The third kappa shape index (κ3) is 3.74. The fourth-order valence-corrected chi connectivity index (χ4v) is 3.25. The van der Waals surface area contributed by atoms with E-state index in [1.807, 2.05) is 13.8 Å². The number of nitrogens with two attached hydrogens (primary N) is 1. The average molecular weight is 235 g/mol. The van der Waals surface area contributed by atoms with Crippen molar-refractivity contribution in [3.05, 3.63) is 0 Å². The maximum Gasteiger partial charge on any atom is 0.152 e. The van der Waals surface area contributed by atoms with Crippen molar-refractivity contribution >= 4 is 9.84 Å². The molecule has 0 bridgehead atoms. The zero-order valence-corrected chi connectivity index (χ0v) is 10.3. The summed E-state index contributed by atoms with van der Waals surface area (Å²) < 4.78 is 28.0. The predicted octanol–water partition coefficient (Wildman–Crippen LogP) is 0.708. The summed E-state index contributed by atoms with van der Waals surface area (Å²) in [6.07, 6.45) is 2.17. The minimum absolute atomic E-state index is 0.143. The molecule has 1 fully saturated rings. The van der Waals surface area contributed by atoms with E-state index >= 15 is 0 Å². The SMILES string of the molecule is CCC(N)(CC)COC1CCS(=O)(=O)C1. The van der Waals surface area contributed by atoms with Crippen LogP contribution in [0.2, 0.25) is 0 Å². The Morgan fingerprint density at radius 2 is 2.00 bits per heavy atom. The lowest BCUT2D eigenvalue weighted by Gasteiger charge is -2.27. The van der Waals surface area contributed by atoms with Crippen LogP contribution < -0.4 is 5.73 Å². The maximum atomic E-state index is 11.2. The Morgan fingerprint density at radius 1 is 1.40 bits per heavy atom. The fourth-order valence-electron chi connectivity index (χ4n) is 1.63. The van der Waals surface area contributed by atoms with Crippen molar-refractivity contribution < 1.29 is 13.2 Å². The lowest BCUT2D eigenvalue weighted by Crippen LogP contribution is -2.44. The van der Waals surface area contributed by atoms with E-state index in [0.29, 0.717) is 13.0 Å². The van der Waals surface area contributed by atoms with Gasteiger partial charge in [-0.25, -0.2) is 8.42 Å². The molecular formula is C10H21NO3S. The van der Waals surface area contributed by atoms with E-state index in [-0.39, 0.29) is 23.1 Å². The molecule has 5 heteroatoms. The van der Waals surface area contributed by atoms with Gasteiger partial charge in [0.25, 0.3) is 0 Å². The lowest BCUT2D eigenvalue weighted by molar-refractivity contribution is 0.0314.